The van der Waals surface area contributed by atoms with Crippen LogP contribution in [-0.2, 0) is 17.7 Å². The Hall–Kier alpha value is -1.92. The standard InChI is InChI=1S/C22H27ClN4O/c1-16(27-10-12-28-13-11-27)21(14-17-6-8-18(23)9-7-17)24-15-22-25-19-4-2-3-5-20(19)26-22/h2-9,16,21,24H,10-15H2,1H3,(H,25,26). The number of halogens is 1. The van der Waals surface area contributed by atoms with Gasteiger partial charge in [-0.05, 0) is 43.2 Å². The van der Waals surface area contributed by atoms with Gasteiger partial charge in [0, 0.05) is 30.2 Å². The minimum Gasteiger partial charge on any atom is -0.379 e. The normalized spacial score (nSPS) is 17.6. The molecule has 0 radical (unpaired) electrons. The van der Waals surface area contributed by atoms with E-state index in [9.17, 15) is 0 Å². The summed E-state index contributed by atoms with van der Waals surface area (Å²) in [7, 11) is 0. The fourth-order valence-corrected chi connectivity index (χ4v) is 3.97. The Balaban J connectivity index is 1.48. The highest BCUT2D eigenvalue weighted by Crippen LogP contribution is 2.16. The van der Waals surface area contributed by atoms with Crippen molar-refractivity contribution < 1.29 is 4.74 Å². The molecule has 0 bridgehead atoms. The van der Waals surface area contributed by atoms with E-state index in [-0.39, 0.29) is 0 Å². The predicted molar refractivity (Wildman–Crippen MR) is 114 cm³/mol. The van der Waals surface area contributed by atoms with Crippen LogP contribution in [0.4, 0.5) is 0 Å². The molecule has 4 rings (SSSR count). The zero-order chi connectivity index (χ0) is 19.3. The number of ether oxygens (including phenoxy) is 1. The van der Waals surface area contributed by atoms with E-state index in [1.165, 1.54) is 5.56 Å². The van der Waals surface area contributed by atoms with Gasteiger partial charge in [-0.1, -0.05) is 35.9 Å². The number of H-pyrrole nitrogens is 1. The second-order valence-electron chi connectivity index (χ2n) is 7.41. The first kappa shape index (κ1) is 19.4. The van der Waals surface area contributed by atoms with E-state index in [1.807, 2.05) is 30.3 Å². The summed E-state index contributed by atoms with van der Waals surface area (Å²) in [6, 6.07) is 17.0. The molecule has 2 atom stereocenters. The number of imidazole rings is 1. The first-order valence-electron chi connectivity index (χ1n) is 9.92. The fraction of sp³-hybridized carbons (Fsp3) is 0.409. The molecule has 2 aromatic carbocycles. The molecular weight excluding hydrogens is 372 g/mol. The molecule has 1 aliphatic rings. The molecule has 3 aromatic rings. The molecule has 0 spiro atoms. The van der Waals surface area contributed by atoms with Crippen LogP contribution >= 0.6 is 11.6 Å². The summed E-state index contributed by atoms with van der Waals surface area (Å²) in [6.07, 6.45) is 0.940. The minimum atomic E-state index is 0.299. The highest BCUT2D eigenvalue weighted by Gasteiger charge is 2.25. The van der Waals surface area contributed by atoms with Gasteiger partial charge in [-0.3, -0.25) is 4.90 Å². The number of nitrogens with zero attached hydrogens (tertiary/aromatic N) is 2. The van der Waals surface area contributed by atoms with Gasteiger partial charge in [0.05, 0.1) is 30.8 Å². The number of fused-ring (bicyclic) bond motifs is 1. The molecule has 6 heteroatoms. The summed E-state index contributed by atoms with van der Waals surface area (Å²) < 4.78 is 5.53. The first-order chi connectivity index (χ1) is 13.7. The van der Waals surface area contributed by atoms with Gasteiger partial charge in [0.25, 0.3) is 0 Å². The van der Waals surface area contributed by atoms with Crippen LogP contribution in [0.1, 0.15) is 18.3 Å². The number of nitrogens with one attached hydrogen (secondary N) is 2. The van der Waals surface area contributed by atoms with Crippen LogP contribution in [0.5, 0.6) is 0 Å². The quantitative estimate of drug-likeness (QED) is 0.638. The van der Waals surface area contributed by atoms with Crippen LogP contribution in [0.25, 0.3) is 11.0 Å². The third-order valence-electron chi connectivity index (χ3n) is 5.54. The van der Waals surface area contributed by atoms with Crippen molar-refractivity contribution in [3.63, 3.8) is 0 Å². The lowest BCUT2D eigenvalue weighted by molar-refractivity contribution is 0.0120. The number of para-hydroxylation sites is 2. The van der Waals surface area contributed by atoms with E-state index in [0.29, 0.717) is 18.6 Å². The van der Waals surface area contributed by atoms with Crippen molar-refractivity contribution in [2.24, 2.45) is 0 Å². The van der Waals surface area contributed by atoms with E-state index < -0.39 is 0 Å². The van der Waals surface area contributed by atoms with Crippen LogP contribution in [0, 0.1) is 0 Å². The monoisotopic (exact) mass is 398 g/mol. The van der Waals surface area contributed by atoms with Crippen LogP contribution in [0.15, 0.2) is 48.5 Å². The topological polar surface area (TPSA) is 53.2 Å². The minimum absolute atomic E-state index is 0.299. The van der Waals surface area contributed by atoms with Gasteiger partial charge in [-0.2, -0.15) is 0 Å². The second-order valence-corrected chi connectivity index (χ2v) is 7.84. The Morgan fingerprint density at radius 1 is 1.14 bits per heavy atom. The molecule has 0 aliphatic carbocycles. The molecule has 2 N–H and O–H groups in total. The van der Waals surface area contributed by atoms with Crippen molar-refractivity contribution in [3.8, 4) is 0 Å². The molecule has 0 saturated carbocycles. The lowest BCUT2D eigenvalue weighted by Gasteiger charge is -2.37. The Bertz CT molecular complexity index is 856. The van der Waals surface area contributed by atoms with Crippen molar-refractivity contribution in [1.82, 2.24) is 20.2 Å². The Labute approximate surface area is 171 Å². The van der Waals surface area contributed by atoms with E-state index in [0.717, 1.165) is 54.6 Å². The lowest BCUT2D eigenvalue weighted by Crippen LogP contribution is -2.52. The Morgan fingerprint density at radius 2 is 1.89 bits per heavy atom. The van der Waals surface area contributed by atoms with Gasteiger partial charge >= 0.3 is 0 Å². The van der Waals surface area contributed by atoms with Gasteiger partial charge in [0.15, 0.2) is 0 Å². The maximum absolute atomic E-state index is 6.06. The van der Waals surface area contributed by atoms with Crippen LogP contribution in [-0.4, -0.2) is 53.3 Å². The molecule has 2 unspecified atom stereocenters. The summed E-state index contributed by atoms with van der Waals surface area (Å²) >= 11 is 6.06. The first-order valence-corrected chi connectivity index (χ1v) is 10.3. The lowest BCUT2D eigenvalue weighted by atomic mass is 9.99. The molecule has 2 heterocycles. The fourth-order valence-electron chi connectivity index (χ4n) is 3.84. The zero-order valence-electron chi connectivity index (χ0n) is 16.2. The van der Waals surface area contributed by atoms with Gasteiger partial charge in [0.2, 0.25) is 0 Å². The highest BCUT2D eigenvalue weighted by atomic mass is 35.5. The molecule has 148 valence electrons. The third kappa shape index (κ3) is 4.73. The van der Waals surface area contributed by atoms with Crippen molar-refractivity contribution >= 4 is 22.6 Å². The van der Waals surface area contributed by atoms with Gasteiger partial charge in [-0.15, -0.1) is 0 Å². The molecule has 0 amide bonds. The maximum atomic E-state index is 6.06. The van der Waals surface area contributed by atoms with Gasteiger partial charge in [0.1, 0.15) is 5.82 Å². The van der Waals surface area contributed by atoms with Crippen molar-refractivity contribution in [1.29, 1.82) is 0 Å². The van der Waals surface area contributed by atoms with E-state index in [1.54, 1.807) is 0 Å². The number of hydrogen-bond donors (Lipinski definition) is 2. The summed E-state index contributed by atoms with van der Waals surface area (Å²) in [5, 5.41) is 4.52. The summed E-state index contributed by atoms with van der Waals surface area (Å²) in [5.41, 5.74) is 3.37. The Morgan fingerprint density at radius 3 is 2.64 bits per heavy atom. The van der Waals surface area contributed by atoms with E-state index >= 15 is 0 Å². The zero-order valence-corrected chi connectivity index (χ0v) is 17.0. The average Bonchev–Trinajstić information content (AvgIpc) is 3.15. The molecule has 1 aromatic heterocycles. The third-order valence-corrected chi connectivity index (χ3v) is 5.79. The molecule has 1 fully saturated rings. The van der Waals surface area contributed by atoms with E-state index in [4.69, 9.17) is 21.3 Å². The number of aromatic amines is 1. The summed E-state index contributed by atoms with van der Waals surface area (Å²) in [4.78, 5) is 10.6. The number of rotatable bonds is 7. The summed E-state index contributed by atoms with van der Waals surface area (Å²) in [6.45, 7) is 6.58. The van der Waals surface area contributed by atoms with Crippen LogP contribution in [0.2, 0.25) is 5.02 Å². The van der Waals surface area contributed by atoms with Crippen LogP contribution in [0.3, 0.4) is 0 Å². The smallest absolute Gasteiger partial charge is 0.121 e. The number of hydrogen-bond acceptors (Lipinski definition) is 4. The van der Waals surface area contributed by atoms with Crippen molar-refractivity contribution in [2.75, 3.05) is 26.3 Å². The summed E-state index contributed by atoms with van der Waals surface area (Å²) in [5.74, 6) is 0.969. The number of aromatic nitrogens is 2. The number of morpholine rings is 1. The Kier molecular flexibility index (Phi) is 6.27. The predicted octanol–water partition coefficient (Wildman–Crippen LogP) is 3.64. The molecule has 1 saturated heterocycles. The molecular formula is C22H27ClN4O. The van der Waals surface area contributed by atoms with Crippen molar-refractivity contribution in [3.05, 3.63) is 64.9 Å². The SMILES string of the molecule is CC(C(Cc1ccc(Cl)cc1)NCc1nc2ccccc2[nH]1)N1CCOCC1. The average molecular weight is 399 g/mol. The second kappa shape index (κ2) is 9.05. The molecule has 28 heavy (non-hydrogen) atoms. The largest absolute Gasteiger partial charge is 0.379 e. The van der Waals surface area contributed by atoms with Crippen molar-refractivity contribution in [2.45, 2.75) is 32.0 Å². The van der Waals surface area contributed by atoms with Gasteiger partial charge < -0.3 is 15.0 Å². The maximum Gasteiger partial charge on any atom is 0.121 e. The van der Waals surface area contributed by atoms with E-state index in [2.05, 4.69) is 40.3 Å². The molecule has 5 nitrogen and oxygen atoms in total. The molecule has 1 aliphatic heterocycles. The highest BCUT2D eigenvalue weighted by molar-refractivity contribution is 6.30. The van der Waals surface area contributed by atoms with Crippen LogP contribution < -0.4 is 5.32 Å². The van der Waals surface area contributed by atoms with Gasteiger partial charge in [-0.25, -0.2) is 4.98 Å². The number of benzene rings is 2.